The molecular weight excluding hydrogens is 156 g/mol. The first-order valence-electron chi connectivity index (χ1n) is 5.28. The normalized spacial score (nSPS) is 27.7. The zero-order valence-corrected chi connectivity index (χ0v) is 8.28. The minimum absolute atomic E-state index is 1.15. The van der Waals surface area contributed by atoms with Gasteiger partial charge in [-0.1, -0.05) is 36.5 Å². The van der Waals surface area contributed by atoms with Gasteiger partial charge in [0.25, 0.3) is 0 Å². The van der Waals surface area contributed by atoms with E-state index in [1.165, 1.54) is 32.1 Å². The van der Waals surface area contributed by atoms with Crippen molar-refractivity contribution < 1.29 is 0 Å². The molecule has 1 rings (SSSR count). The lowest BCUT2D eigenvalue weighted by atomic mass is 10.1. The highest BCUT2D eigenvalue weighted by Gasteiger charge is 1.86. The van der Waals surface area contributed by atoms with E-state index in [4.69, 9.17) is 0 Å². The second-order valence-corrected chi connectivity index (χ2v) is 3.36. The summed E-state index contributed by atoms with van der Waals surface area (Å²) in [6.07, 6.45) is 23.0. The fourth-order valence-corrected chi connectivity index (χ4v) is 1.35. The second-order valence-electron chi connectivity index (χ2n) is 3.36. The summed E-state index contributed by atoms with van der Waals surface area (Å²) >= 11 is 0. The second kappa shape index (κ2) is 7.85. The molecule has 0 atom stereocenters. The lowest BCUT2D eigenvalue weighted by Crippen LogP contribution is -1.75. The Kier molecular flexibility index (Phi) is 6.22. The van der Waals surface area contributed by atoms with Gasteiger partial charge in [0, 0.05) is 0 Å². The summed E-state index contributed by atoms with van der Waals surface area (Å²) in [4.78, 5) is 0. The van der Waals surface area contributed by atoms with Crippen LogP contribution in [-0.4, -0.2) is 0 Å². The van der Waals surface area contributed by atoms with Crippen molar-refractivity contribution in [3.8, 4) is 0 Å². The number of hydrogen-bond donors (Lipinski definition) is 0. The smallest absolute Gasteiger partial charge is 0.0313 e. The number of rotatable bonds is 0. The lowest BCUT2D eigenvalue weighted by Gasteiger charge is -1.93. The lowest BCUT2D eigenvalue weighted by molar-refractivity contribution is 0.811. The Bertz CT molecular complexity index is 184. The Morgan fingerprint density at radius 1 is 0.615 bits per heavy atom. The van der Waals surface area contributed by atoms with E-state index in [0.29, 0.717) is 0 Å². The molecule has 0 aromatic heterocycles. The van der Waals surface area contributed by atoms with Gasteiger partial charge in [-0.2, -0.15) is 0 Å². The number of hydrogen-bond acceptors (Lipinski definition) is 0. The maximum Gasteiger partial charge on any atom is -0.0313 e. The largest absolute Gasteiger partial charge is 0.0882 e. The zero-order chi connectivity index (χ0) is 9.19. The first-order valence-corrected chi connectivity index (χ1v) is 5.28. The van der Waals surface area contributed by atoms with Gasteiger partial charge in [0.2, 0.25) is 0 Å². The minimum atomic E-state index is 1.15. The van der Waals surface area contributed by atoms with Gasteiger partial charge < -0.3 is 0 Å². The monoisotopic (exact) mass is 175 g/mol. The average molecular weight is 175 g/mol. The first-order chi connectivity index (χ1) is 6.50. The van der Waals surface area contributed by atoms with E-state index in [9.17, 15) is 0 Å². The molecule has 0 unspecified atom stereocenters. The van der Waals surface area contributed by atoms with Crippen molar-refractivity contribution in [1.82, 2.24) is 0 Å². The molecule has 71 valence electrons. The molecule has 0 spiro atoms. The average Bonchev–Trinajstić information content (AvgIpc) is 2.18. The van der Waals surface area contributed by atoms with Crippen LogP contribution in [0, 0.1) is 6.42 Å². The maximum atomic E-state index is 2.37. The summed E-state index contributed by atoms with van der Waals surface area (Å²) < 4.78 is 0. The van der Waals surface area contributed by atoms with E-state index in [1.54, 1.807) is 0 Å². The van der Waals surface area contributed by atoms with Crippen LogP contribution in [-0.2, 0) is 0 Å². The Hall–Kier alpha value is -0.780. The molecule has 1 radical (unpaired) electrons. The van der Waals surface area contributed by atoms with Gasteiger partial charge in [-0.15, -0.1) is 0 Å². The van der Waals surface area contributed by atoms with Gasteiger partial charge in [-0.25, -0.2) is 0 Å². The molecule has 0 bridgehead atoms. The molecule has 0 saturated heterocycles. The van der Waals surface area contributed by atoms with E-state index in [1.807, 2.05) is 0 Å². The molecule has 1 aliphatic rings. The fourth-order valence-electron chi connectivity index (χ4n) is 1.35. The predicted octanol–water partition coefficient (Wildman–Crippen LogP) is 4.21. The SMILES string of the molecule is [CH]1C/C=C\CC/C=C/C=C\CCC1. The summed E-state index contributed by atoms with van der Waals surface area (Å²) in [7, 11) is 0. The van der Waals surface area contributed by atoms with E-state index in [-0.39, 0.29) is 0 Å². The molecule has 0 aromatic carbocycles. The molecule has 0 amide bonds. The van der Waals surface area contributed by atoms with Crippen molar-refractivity contribution in [2.24, 2.45) is 0 Å². The van der Waals surface area contributed by atoms with Crippen LogP contribution < -0.4 is 0 Å². The molecule has 0 saturated carbocycles. The van der Waals surface area contributed by atoms with Crippen LogP contribution in [0.3, 0.4) is 0 Å². The van der Waals surface area contributed by atoms with Crippen LogP contribution >= 0.6 is 0 Å². The van der Waals surface area contributed by atoms with Crippen molar-refractivity contribution in [2.75, 3.05) is 0 Å². The van der Waals surface area contributed by atoms with Gasteiger partial charge in [0.05, 0.1) is 0 Å². The quantitative estimate of drug-likeness (QED) is 0.484. The first kappa shape index (κ1) is 10.3. The van der Waals surface area contributed by atoms with Crippen molar-refractivity contribution in [2.45, 2.75) is 38.5 Å². The molecule has 0 heterocycles. The van der Waals surface area contributed by atoms with Crippen molar-refractivity contribution in [1.29, 1.82) is 0 Å². The van der Waals surface area contributed by atoms with Crippen LogP contribution in [0.25, 0.3) is 0 Å². The molecular formula is C13H19. The highest BCUT2D eigenvalue weighted by atomic mass is 13.9. The Balaban J connectivity index is 2.28. The van der Waals surface area contributed by atoms with Crippen LogP contribution in [0.5, 0.6) is 0 Å². The molecule has 0 fully saturated rings. The van der Waals surface area contributed by atoms with Gasteiger partial charge in [-0.3, -0.25) is 0 Å². The van der Waals surface area contributed by atoms with E-state index in [0.717, 1.165) is 6.42 Å². The molecule has 0 heteroatoms. The summed E-state index contributed by atoms with van der Waals surface area (Å²) in [5.74, 6) is 0. The van der Waals surface area contributed by atoms with E-state index in [2.05, 4.69) is 42.9 Å². The zero-order valence-electron chi connectivity index (χ0n) is 8.28. The van der Waals surface area contributed by atoms with Gasteiger partial charge >= 0.3 is 0 Å². The van der Waals surface area contributed by atoms with E-state index >= 15 is 0 Å². The third kappa shape index (κ3) is 6.39. The fraction of sp³-hybridized carbons (Fsp3) is 0.462. The van der Waals surface area contributed by atoms with Crippen LogP contribution in [0.4, 0.5) is 0 Å². The summed E-state index contributed by atoms with van der Waals surface area (Å²) in [5.41, 5.74) is 0. The van der Waals surface area contributed by atoms with Crippen molar-refractivity contribution >= 4 is 0 Å². The number of allylic oxidation sites excluding steroid dienone is 6. The third-order valence-corrected chi connectivity index (χ3v) is 2.13. The maximum absolute atomic E-state index is 2.37. The van der Waals surface area contributed by atoms with Crippen LogP contribution in [0.15, 0.2) is 36.5 Å². The van der Waals surface area contributed by atoms with Crippen molar-refractivity contribution in [3.63, 3.8) is 0 Å². The Morgan fingerprint density at radius 2 is 1.38 bits per heavy atom. The minimum Gasteiger partial charge on any atom is -0.0882 e. The molecule has 0 N–H and O–H groups in total. The standard InChI is InChI=1S/C13H19/c1-2-4-6-8-10-12-13-11-9-7-5-3-1/h1-4,9,11-12H,5-8,10,13H2/b3-1+,4-2-,11-9-. The molecule has 13 heavy (non-hydrogen) atoms. The highest BCUT2D eigenvalue weighted by Crippen LogP contribution is 2.05. The van der Waals surface area contributed by atoms with Gasteiger partial charge in [0.1, 0.15) is 0 Å². The van der Waals surface area contributed by atoms with Crippen molar-refractivity contribution in [3.05, 3.63) is 42.9 Å². The molecule has 0 aliphatic heterocycles. The summed E-state index contributed by atoms with van der Waals surface area (Å²) in [6.45, 7) is 0. The Morgan fingerprint density at radius 3 is 2.31 bits per heavy atom. The van der Waals surface area contributed by atoms with Gasteiger partial charge in [-0.05, 0) is 44.9 Å². The molecule has 0 nitrogen and oxygen atoms in total. The predicted molar refractivity (Wildman–Crippen MR) is 59.4 cm³/mol. The summed E-state index contributed by atoms with van der Waals surface area (Å²) in [6, 6.07) is 0. The van der Waals surface area contributed by atoms with Gasteiger partial charge in [0.15, 0.2) is 0 Å². The highest BCUT2D eigenvalue weighted by molar-refractivity contribution is 5.03. The molecule has 0 aromatic rings. The van der Waals surface area contributed by atoms with E-state index < -0.39 is 0 Å². The summed E-state index contributed by atoms with van der Waals surface area (Å²) in [5, 5.41) is 0. The van der Waals surface area contributed by atoms with Crippen LogP contribution in [0.1, 0.15) is 38.5 Å². The molecule has 1 aliphatic carbocycles. The third-order valence-electron chi connectivity index (χ3n) is 2.13. The Labute approximate surface area is 82.0 Å². The van der Waals surface area contributed by atoms with Crippen LogP contribution in [0.2, 0.25) is 0 Å². The topological polar surface area (TPSA) is 0 Å².